The van der Waals surface area contributed by atoms with Crippen LogP contribution in [0.15, 0.2) is 79.0 Å². The number of anilines is 1. The molecule has 2 aromatic carbocycles. The van der Waals surface area contributed by atoms with Crippen molar-refractivity contribution < 1.29 is 0 Å². The maximum atomic E-state index is 4.37. The molecule has 0 radical (unpaired) electrons. The van der Waals surface area contributed by atoms with Gasteiger partial charge in [-0.25, -0.2) is 4.98 Å². The lowest BCUT2D eigenvalue weighted by Gasteiger charge is -2.07. The van der Waals surface area contributed by atoms with Crippen molar-refractivity contribution in [2.24, 2.45) is 0 Å². The summed E-state index contributed by atoms with van der Waals surface area (Å²) in [6.45, 7) is 0.784. The smallest absolute Gasteiger partial charge is 0.126 e. The first-order valence-corrected chi connectivity index (χ1v) is 6.71. The van der Waals surface area contributed by atoms with Crippen LogP contribution in [0.3, 0.4) is 0 Å². The SMILES string of the molecule is c1ccc(CNc2cc(-c3ccccc3)ccn2)cc1. The van der Waals surface area contributed by atoms with Crippen LogP contribution in [0, 0.1) is 0 Å². The van der Waals surface area contributed by atoms with Crippen molar-refractivity contribution in [3.8, 4) is 11.1 Å². The summed E-state index contributed by atoms with van der Waals surface area (Å²) in [5.41, 5.74) is 3.63. The molecule has 2 nitrogen and oxygen atoms in total. The molecule has 20 heavy (non-hydrogen) atoms. The molecule has 1 N–H and O–H groups in total. The average molecular weight is 260 g/mol. The molecule has 0 saturated heterocycles. The van der Waals surface area contributed by atoms with E-state index >= 15 is 0 Å². The highest BCUT2D eigenvalue weighted by atomic mass is 15.0. The zero-order valence-corrected chi connectivity index (χ0v) is 11.2. The van der Waals surface area contributed by atoms with Crippen LogP contribution in [-0.4, -0.2) is 4.98 Å². The van der Waals surface area contributed by atoms with Crippen LogP contribution >= 0.6 is 0 Å². The van der Waals surface area contributed by atoms with E-state index in [4.69, 9.17) is 0 Å². The number of nitrogens with one attached hydrogen (secondary N) is 1. The van der Waals surface area contributed by atoms with Gasteiger partial charge in [0.15, 0.2) is 0 Å². The minimum atomic E-state index is 0.784. The first kappa shape index (κ1) is 12.4. The maximum absolute atomic E-state index is 4.37. The van der Waals surface area contributed by atoms with Crippen LogP contribution in [0.5, 0.6) is 0 Å². The lowest BCUT2D eigenvalue weighted by atomic mass is 10.1. The van der Waals surface area contributed by atoms with E-state index in [-0.39, 0.29) is 0 Å². The van der Waals surface area contributed by atoms with Crippen LogP contribution in [0.25, 0.3) is 11.1 Å². The predicted molar refractivity (Wildman–Crippen MR) is 83.4 cm³/mol. The third-order valence-electron chi connectivity index (χ3n) is 3.18. The highest BCUT2D eigenvalue weighted by molar-refractivity contribution is 5.66. The largest absolute Gasteiger partial charge is 0.366 e. The van der Waals surface area contributed by atoms with E-state index in [9.17, 15) is 0 Å². The maximum Gasteiger partial charge on any atom is 0.126 e. The van der Waals surface area contributed by atoms with Crippen molar-refractivity contribution in [1.29, 1.82) is 0 Å². The van der Waals surface area contributed by atoms with Crippen molar-refractivity contribution in [1.82, 2.24) is 4.98 Å². The van der Waals surface area contributed by atoms with E-state index in [1.165, 1.54) is 16.7 Å². The van der Waals surface area contributed by atoms with Crippen molar-refractivity contribution in [2.75, 3.05) is 5.32 Å². The fourth-order valence-corrected chi connectivity index (χ4v) is 2.13. The summed E-state index contributed by atoms with van der Waals surface area (Å²) in [6.07, 6.45) is 1.84. The summed E-state index contributed by atoms with van der Waals surface area (Å²) in [4.78, 5) is 4.37. The Morgan fingerprint density at radius 3 is 2.20 bits per heavy atom. The van der Waals surface area contributed by atoms with E-state index < -0.39 is 0 Å². The number of pyridine rings is 1. The van der Waals surface area contributed by atoms with Crippen molar-refractivity contribution >= 4 is 5.82 Å². The quantitative estimate of drug-likeness (QED) is 0.754. The van der Waals surface area contributed by atoms with Crippen LogP contribution in [-0.2, 0) is 6.54 Å². The van der Waals surface area contributed by atoms with Gasteiger partial charge in [-0.05, 0) is 28.8 Å². The van der Waals surface area contributed by atoms with Gasteiger partial charge in [0.05, 0.1) is 0 Å². The van der Waals surface area contributed by atoms with Gasteiger partial charge in [0.2, 0.25) is 0 Å². The summed E-state index contributed by atoms with van der Waals surface area (Å²) in [5, 5.41) is 3.36. The molecule has 0 amide bonds. The van der Waals surface area contributed by atoms with Crippen LogP contribution in [0.4, 0.5) is 5.82 Å². The van der Waals surface area contributed by atoms with Crippen molar-refractivity contribution in [2.45, 2.75) is 6.54 Å². The Bertz CT molecular complexity index is 663. The second kappa shape index (κ2) is 6.02. The molecule has 1 heterocycles. The summed E-state index contributed by atoms with van der Waals surface area (Å²) in [6, 6.07) is 24.8. The topological polar surface area (TPSA) is 24.9 Å². The van der Waals surface area contributed by atoms with Gasteiger partial charge in [-0.2, -0.15) is 0 Å². The van der Waals surface area contributed by atoms with Gasteiger partial charge in [0.25, 0.3) is 0 Å². The Balaban J connectivity index is 1.75. The fraction of sp³-hybridized carbons (Fsp3) is 0.0556. The molecule has 2 heteroatoms. The van der Waals surface area contributed by atoms with Crippen molar-refractivity contribution in [3.63, 3.8) is 0 Å². The Morgan fingerprint density at radius 2 is 1.45 bits per heavy atom. The Labute approximate surface area is 119 Å². The molecule has 1 aromatic heterocycles. The Kier molecular flexibility index (Phi) is 3.74. The number of hydrogen-bond acceptors (Lipinski definition) is 2. The number of nitrogens with zero attached hydrogens (tertiary/aromatic N) is 1. The standard InChI is InChI=1S/C18H16N2/c1-3-7-15(8-4-1)14-20-18-13-17(11-12-19-18)16-9-5-2-6-10-16/h1-13H,14H2,(H,19,20). The summed E-state index contributed by atoms with van der Waals surface area (Å²) >= 11 is 0. The van der Waals surface area contributed by atoms with Gasteiger partial charge < -0.3 is 5.32 Å². The zero-order chi connectivity index (χ0) is 13.6. The van der Waals surface area contributed by atoms with Crippen LogP contribution in [0.1, 0.15) is 5.56 Å². The molecule has 98 valence electrons. The molecule has 0 saturated carbocycles. The molecule has 3 rings (SSSR count). The van der Waals surface area contributed by atoms with Crippen LogP contribution < -0.4 is 5.32 Å². The van der Waals surface area contributed by atoms with Crippen LogP contribution in [0.2, 0.25) is 0 Å². The van der Waals surface area contributed by atoms with E-state index in [2.05, 4.69) is 40.6 Å². The van der Waals surface area contributed by atoms with Gasteiger partial charge in [-0.15, -0.1) is 0 Å². The molecule has 0 unspecified atom stereocenters. The molecular formula is C18H16N2. The molecule has 0 bridgehead atoms. The second-order valence-corrected chi connectivity index (χ2v) is 4.63. The number of hydrogen-bond donors (Lipinski definition) is 1. The Morgan fingerprint density at radius 1 is 0.750 bits per heavy atom. The monoisotopic (exact) mass is 260 g/mol. The number of aromatic nitrogens is 1. The molecule has 3 aromatic rings. The number of benzene rings is 2. The van der Waals surface area contributed by atoms with Gasteiger partial charge in [0, 0.05) is 12.7 Å². The molecule has 0 atom stereocenters. The van der Waals surface area contributed by atoms with Gasteiger partial charge >= 0.3 is 0 Å². The van der Waals surface area contributed by atoms with E-state index in [1.807, 2.05) is 48.7 Å². The Hall–Kier alpha value is -2.61. The highest BCUT2D eigenvalue weighted by Crippen LogP contribution is 2.20. The third kappa shape index (κ3) is 3.04. The molecule has 0 spiro atoms. The first-order valence-electron chi connectivity index (χ1n) is 6.71. The average Bonchev–Trinajstić information content (AvgIpc) is 2.55. The third-order valence-corrected chi connectivity index (χ3v) is 3.18. The highest BCUT2D eigenvalue weighted by Gasteiger charge is 1.99. The first-order chi connectivity index (χ1) is 9.92. The number of rotatable bonds is 4. The lowest BCUT2D eigenvalue weighted by Crippen LogP contribution is -2.00. The minimum absolute atomic E-state index is 0.784. The van der Waals surface area contributed by atoms with E-state index in [1.54, 1.807) is 0 Å². The molecule has 0 aliphatic carbocycles. The zero-order valence-electron chi connectivity index (χ0n) is 11.2. The van der Waals surface area contributed by atoms with Gasteiger partial charge in [-0.1, -0.05) is 60.7 Å². The normalized spacial score (nSPS) is 10.2. The molecule has 0 aliphatic rings. The van der Waals surface area contributed by atoms with Gasteiger partial charge in [0.1, 0.15) is 5.82 Å². The minimum Gasteiger partial charge on any atom is -0.366 e. The molecule has 0 fully saturated rings. The predicted octanol–water partition coefficient (Wildman–Crippen LogP) is 4.36. The van der Waals surface area contributed by atoms with E-state index in [0.29, 0.717) is 0 Å². The summed E-state index contributed by atoms with van der Waals surface area (Å²) < 4.78 is 0. The molecule has 0 aliphatic heterocycles. The van der Waals surface area contributed by atoms with Gasteiger partial charge in [-0.3, -0.25) is 0 Å². The lowest BCUT2D eigenvalue weighted by molar-refractivity contribution is 1.11. The van der Waals surface area contributed by atoms with Crippen molar-refractivity contribution in [3.05, 3.63) is 84.6 Å². The molecular weight excluding hydrogens is 244 g/mol. The summed E-state index contributed by atoms with van der Waals surface area (Å²) in [5.74, 6) is 0.898. The fourth-order valence-electron chi connectivity index (χ4n) is 2.13. The second-order valence-electron chi connectivity index (χ2n) is 4.63. The van der Waals surface area contributed by atoms with E-state index in [0.717, 1.165) is 12.4 Å². The summed E-state index contributed by atoms with van der Waals surface area (Å²) in [7, 11) is 0.